The van der Waals surface area contributed by atoms with E-state index in [0.29, 0.717) is 13.1 Å². The zero-order valence-corrected chi connectivity index (χ0v) is 10.1. The molecule has 0 amide bonds. The van der Waals surface area contributed by atoms with Crippen LogP contribution in [0.2, 0.25) is 0 Å². The van der Waals surface area contributed by atoms with Gasteiger partial charge in [-0.15, -0.1) is 5.10 Å². The molecule has 0 bridgehead atoms. The number of aromatic carboxylic acids is 1. The van der Waals surface area contributed by atoms with E-state index in [2.05, 4.69) is 15.6 Å². The van der Waals surface area contributed by atoms with Gasteiger partial charge in [0.15, 0.2) is 0 Å². The molecule has 1 aromatic carbocycles. The van der Waals surface area contributed by atoms with E-state index in [0.717, 1.165) is 12.5 Å². The lowest BCUT2D eigenvalue weighted by atomic mass is 10.1. The quantitative estimate of drug-likeness (QED) is 0.775. The van der Waals surface area contributed by atoms with Crippen molar-refractivity contribution in [2.45, 2.75) is 13.0 Å². The highest BCUT2D eigenvalue weighted by molar-refractivity contribution is 5.94. The minimum absolute atomic E-state index is 0.283. The van der Waals surface area contributed by atoms with Crippen LogP contribution in [0.15, 0.2) is 30.6 Å². The minimum Gasteiger partial charge on any atom is -0.478 e. The molecule has 0 aliphatic heterocycles. The van der Waals surface area contributed by atoms with Crippen molar-refractivity contribution in [3.8, 4) is 0 Å². The molecule has 0 radical (unpaired) electrons. The summed E-state index contributed by atoms with van der Waals surface area (Å²) in [5, 5.41) is 19.3. The van der Waals surface area contributed by atoms with Crippen molar-refractivity contribution in [3.05, 3.63) is 42.0 Å². The van der Waals surface area contributed by atoms with E-state index in [1.165, 1.54) is 6.07 Å². The Morgan fingerprint density at radius 1 is 1.47 bits per heavy atom. The lowest BCUT2D eigenvalue weighted by Gasteiger charge is -2.09. The molecule has 19 heavy (non-hydrogen) atoms. The molecule has 7 heteroatoms. The first-order valence-corrected chi connectivity index (χ1v) is 5.78. The molecule has 0 fully saturated rings. The Labute approximate surface area is 108 Å². The van der Waals surface area contributed by atoms with Crippen LogP contribution in [0.3, 0.4) is 0 Å². The van der Waals surface area contributed by atoms with Crippen LogP contribution in [0.5, 0.6) is 0 Å². The van der Waals surface area contributed by atoms with E-state index in [4.69, 9.17) is 5.11 Å². The number of carboxylic acid groups (broad SMARTS) is 1. The van der Waals surface area contributed by atoms with Crippen LogP contribution >= 0.6 is 0 Å². The van der Waals surface area contributed by atoms with Crippen molar-refractivity contribution >= 4 is 11.7 Å². The fourth-order valence-electron chi connectivity index (χ4n) is 1.70. The number of nitrogens with zero attached hydrogens (tertiary/aromatic N) is 3. The van der Waals surface area contributed by atoms with Crippen LogP contribution in [0.25, 0.3) is 0 Å². The number of nitrogens with one attached hydrogen (secondary N) is 1. The topological polar surface area (TPSA) is 80.0 Å². The largest absolute Gasteiger partial charge is 0.478 e. The van der Waals surface area contributed by atoms with Gasteiger partial charge in [-0.3, -0.25) is 4.68 Å². The van der Waals surface area contributed by atoms with Gasteiger partial charge in [0.2, 0.25) is 0 Å². The molecule has 0 saturated carbocycles. The highest BCUT2D eigenvalue weighted by Crippen LogP contribution is 2.18. The summed E-state index contributed by atoms with van der Waals surface area (Å²) in [5.74, 6) is -2.02. The molecule has 2 rings (SSSR count). The number of rotatable bonds is 6. The number of hydrogen-bond donors (Lipinski definition) is 2. The number of carboxylic acids is 1. The van der Waals surface area contributed by atoms with E-state index in [9.17, 15) is 9.18 Å². The lowest BCUT2D eigenvalue weighted by Crippen LogP contribution is -2.11. The standard InChI is InChI=1S/C12H13FN4O2/c13-9-3-1-4-10(11(9)12(18)19)14-5-2-7-17-8-6-15-16-17/h1,3-4,6,8,14H,2,5,7H2,(H,18,19). The van der Waals surface area contributed by atoms with Gasteiger partial charge in [-0.25, -0.2) is 9.18 Å². The fourth-order valence-corrected chi connectivity index (χ4v) is 1.70. The van der Waals surface area contributed by atoms with Crippen LogP contribution in [0, 0.1) is 5.82 Å². The van der Waals surface area contributed by atoms with Crippen LogP contribution in [0.1, 0.15) is 16.8 Å². The van der Waals surface area contributed by atoms with Crippen molar-refractivity contribution in [1.29, 1.82) is 0 Å². The van der Waals surface area contributed by atoms with Gasteiger partial charge in [-0.2, -0.15) is 0 Å². The third-order valence-electron chi connectivity index (χ3n) is 2.58. The molecule has 0 aliphatic rings. The van der Waals surface area contributed by atoms with Gasteiger partial charge in [0.05, 0.1) is 11.9 Å². The Kier molecular flexibility index (Phi) is 4.07. The predicted molar refractivity (Wildman–Crippen MR) is 66.5 cm³/mol. The molecule has 2 aromatic rings. The Bertz CT molecular complexity index is 557. The molecule has 1 aromatic heterocycles. The molecule has 0 atom stereocenters. The zero-order chi connectivity index (χ0) is 13.7. The number of anilines is 1. The predicted octanol–water partition coefficient (Wildman–Crippen LogP) is 1.62. The number of aryl methyl sites for hydroxylation is 1. The van der Waals surface area contributed by atoms with Crippen LogP contribution < -0.4 is 5.32 Å². The van der Waals surface area contributed by atoms with Gasteiger partial charge in [0.25, 0.3) is 0 Å². The summed E-state index contributed by atoms with van der Waals surface area (Å²) in [4.78, 5) is 11.0. The number of hydrogen-bond acceptors (Lipinski definition) is 4. The Morgan fingerprint density at radius 2 is 2.32 bits per heavy atom. The van der Waals surface area contributed by atoms with E-state index >= 15 is 0 Å². The summed E-state index contributed by atoms with van der Waals surface area (Å²) in [6.45, 7) is 1.17. The van der Waals surface area contributed by atoms with Gasteiger partial charge in [0, 0.05) is 19.3 Å². The van der Waals surface area contributed by atoms with Crippen molar-refractivity contribution in [1.82, 2.24) is 15.0 Å². The summed E-state index contributed by atoms with van der Waals surface area (Å²) in [6, 6.07) is 4.15. The van der Waals surface area contributed by atoms with Crippen molar-refractivity contribution in [3.63, 3.8) is 0 Å². The minimum atomic E-state index is -1.28. The number of halogens is 1. The second-order valence-electron chi connectivity index (χ2n) is 3.91. The highest BCUT2D eigenvalue weighted by atomic mass is 19.1. The first-order valence-electron chi connectivity index (χ1n) is 5.78. The van der Waals surface area contributed by atoms with Crippen LogP contribution in [-0.2, 0) is 6.54 Å². The third kappa shape index (κ3) is 3.27. The zero-order valence-electron chi connectivity index (χ0n) is 10.1. The molecule has 6 nitrogen and oxygen atoms in total. The molecule has 0 saturated heterocycles. The molecule has 1 heterocycles. The summed E-state index contributed by atoms with van der Waals surface area (Å²) in [7, 11) is 0. The summed E-state index contributed by atoms with van der Waals surface area (Å²) in [5.41, 5.74) is -0.0469. The normalized spacial score (nSPS) is 10.4. The second-order valence-corrected chi connectivity index (χ2v) is 3.91. The first-order chi connectivity index (χ1) is 9.18. The molecular formula is C12H13FN4O2. The highest BCUT2D eigenvalue weighted by Gasteiger charge is 2.14. The van der Waals surface area contributed by atoms with Crippen LogP contribution in [0.4, 0.5) is 10.1 Å². The molecule has 0 aliphatic carbocycles. The van der Waals surface area contributed by atoms with E-state index < -0.39 is 11.8 Å². The number of aromatic nitrogens is 3. The molecule has 0 spiro atoms. The third-order valence-corrected chi connectivity index (χ3v) is 2.58. The van der Waals surface area contributed by atoms with Crippen molar-refractivity contribution < 1.29 is 14.3 Å². The number of benzene rings is 1. The van der Waals surface area contributed by atoms with Crippen LogP contribution in [-0.4, -0.2) is 32.6 Å². The summed E-state index contributed by atoms with van der Waals surface area (Å²) >= 11 is 0. The van der Waals surface area contributed by atoms with Gasteiger partial charge in [-0.05, 0) is 18.6 Å². The smallest absolute Gasteiger partial charge is 0.340 e. The lowest BCUT2D eigenvalue weighted by molar-refractivity contribution is 0.0693. The summed E-state index contributed by atoms with van der Waals surface area (Å²) in [6.07, 6.45) is 4.05. The fraction of sp³-hybridized carbons (Fsp3) is 0.250. The Balaban J connectivity index is 1.92. The van der Waals surface area contributed by atoms with Gasteiger partial charge in [-0.1, -0.05) is 11.3 Å². The van der Waals surface area contributed by atoms with E-state index in [1.807, 2.05) is 0 Å². The monoisotopic (exact) mass is 264 g/mol. The second kappa shape index (κ2) is 5.94. The van der Waals surface area contributed by atoms with Gasteiger partial charge >= 0.3 is 5.97 Å². The van der Waals surface area contributed by atoms with E-state index in [-0.39, 0.29) is 11.3 Å². The van der Waals surface area contributed by atoms with Crippen molar-refractivity contribution in [2.24, 2.45) is 0 Å². The molecular weight excluding hydrogens is 251 g/mol. The Morgan fingerprint density at radius 3 is 3.00 bits per heavy atom. The maximum absolute atomic E-state index is 13.4. The molecule has 2 N–H and O–H groups in total. The van der Waals surface area contributed by atoms with Gasteiger partial charge < -0.3 is 10.4 Å². The van der Waals surface area contributed by atoms with Crippen molar-refractivity contribution in [2.75, 3.05) is 11.9 Å². The Hall–Kier alpha value is -2.44. The SMILES string of the molecule is O=C(O)c1c(F)cccc1NCCCn1ccnn1. The van der Waals surface area contributed by atoms with Gasteiger partial charge in [0.1, 0.15) is 11.4 Å². The maximum atomic E-state index is 13.4. The maximum Gasteiger partial charge on any atom is 0.340 e. The average molecular weight is 264 g/mol. The first kappa shape index (κ1) is 13.0. The van der Waals surface area contributed by atoms with E-state index in [1.54, 1.807) is 23.1 Å². The molecule has 0 unspecified atom stereocenters. The average Bonchev–Trinajstić information content (AvgIpc) is 2.87. The summed E-state index contributed by atoms with van der Waals surface area (Å²) < 4.78 is 15.1. The number of carbonyl (C=O) groups is 1. The molecule has 100 valence electrons.